The zero-order valence-corrected chi connectivity index (χ0v) is 19.9. The molecular weight excluding hydrogens is 432 g/mol. The van der Waals surface area contributed by atoms with Gasteiger partial charge in [-0.05, 0) is 55.9 Å². The number of piperidine rings is 1. The number of hydrogen-bond acceptors (Lipinski definition) is 4. The lowest BCUT2D eigenvalue weighted by atomic mass is 9.89. The lowest BCUT2D eigenvalue weighted by molar-refractivity contribution is -0.149. The Bertz CT molecular complexity index is 1050. The first kappa shape index (κ1) is 23.8. The highest BCUT2D eigenvalue weighted by Crippen LogP contribution is 2.44. The van der Waals surface area contributed by atoms with Gasteiger partial charge in [0.15, 0.2) is 0 Å². The van der Waals surface area contributed by atoms with Gasteiger partial charge in [-0.25, -0.2) is 4.79 Å². The molecule has 180 valence electrons. The van der Waals surface area contributed by atoms with Crippen molar-refractivity contribution >= 4 is 18.0 Å². The summed E-state index contributed by atoms with van der Waals surface area (Å²) in [5, 5.41) is 12.2. The molecule has 2 atom stereocenters. The van der Waals surface area contributed by atoms with Crippen LogP contribution in [0.2, 0.25) is 0 Å². The normalized spacial score (nSPS) is 19.8. The van der Waals surface area contributed by atoms with Crippen LogP contribution < -0.4 is 5.32 Å². The van der Waals surface area contributed by atoms with E-state index < -0.39 is 23.5 Å². The van der Waals surface area contributed by atoms with Gasteiger partial charge in [-0.2, -0.15) is 0 Å². The second-order valence-electron chi connectivity index (χ2n) is 9.93. The maximum atomic E-state index is 13.0. The maximum absolute atomic E-state index is 13.0. The summed E-state index contributed by atoms with van der Waals surface area (Å²) in [7, 11) is 0. The molecule has 1 aliphatic carbocycles. The number of likely N-dealkylation sites (tertiary alicyclic amines) is 1. The fourth-order valence-electron chi connectivity index (χ4n) is 5.26. The first-order chi connectivity index (χ1) is 16.2. The zero-order chi connectivity index (χ0) is 24.5. The summed E-state index contributed by atoms with van der Waals surface area (Å²) in [4.78, 5) is 38.7. The number of amides is 2. The summed E-state index contributed by atoms with van der Waals surface area (Å²) in [5.41, 5.74) is 3.76. The molecule has 0 bridgehead atoms. The SMILES string of the molecule is C[C@@H]1[C@H](C(=O)O)CCCN1C(=O)CC(C)(C)NC(=O)OCC1c2ccccc2-c2ccccc21. The van der Waals surface area contributed by atoms with E-state index in [1.54, 1.807) is 25.7 Å². The molecule has 0 saturated carbocycles. The van der Waals surface area contributed by atoms with Crippen LogP contribution >= 0.6 is 0 Å². The standard InChI is InChI=1S/C27H32N2O5/c1-17-18(25(31)32)13-8-14-29(17)24(30)15-27(2,3)28-26(33)34-16-23-21-11-6-4-9-19(21)20-10-5-7-12-22(20)23/h4-7,9-12,17-18,23H,8,13-16H2,1-3H3,(H,28,33)(H,31,32)/t17-,18-/m1/s1. The van der Waals surface area contributed by atoms with E-state index in [0.29, 0.717) is 19.4 Å². The van der Waals surface area contributed by atoms with Crippen LogP contribution in [0.25, 0.3) is 11.1 Å². The largest absolute Gasteiger partial charge is 0.481 e. The predicted octanol–water partition coefficient (Wildman–Crippen LogP) is 4.41. The van der Waals surface area contributed by atoms with Crippen molar-refractivity contribution in [2.24, 2.45) is 5.92 Å². The minimum Gasteiger partial charge on any atom is -0.481 e. The number of alkyl carbamates (subject to hydrolysis) is 1. The molecule has 4 rings (SSSR count). The molecule has 1 heterocycles. The topological polar surface area (TPSA) is 95.9 Å². The van der Waals surface area contributed by atoms with Gasteiger partial charge in [0.25, 0.3) is 0 Å². The van der Waals surface area contributed by atoms with Gasteiger partial charge in [0, 0.05) is 30.5 Å². The van der Waals surface area contributed by atoms with Gasteiger partial charge < -0.3 is 20.1 Å². The van der Waals surface area contributed by atoms with Crippen molar-refractivity contribution in [3.05, 3.63) is 59.7 Å². The van der Waals surface area contributed by atoms with E-state index in [2.05, 4.69) is 29.6 Å². The number of carboxylic acid groups (broad SMARTS) is 1. The number of nitrogens with zero attached hydrogens (tertiary/aromatic N) is 1. The van der Waals surface area contributed by atoms with Crippen LogP contribution in [0.1, 0.15) is 57.1 Å². The van der Waals surface area contributed by atoms with Gasteiger partial charge in [0.05, 0.1) is 5.92 Å². The Hall–Kier alpha value is -3.35. The average Bonchev–Trinajstić information content (AvgIpc) is 3.10. The fourth-order valence-corrected chi connectivity index (χ4v) is 5.26. The Morgan fingerprint density at radius 2 is 1.65 bits per heavy atom. The van der Waals surface area contributed by atoms with E-state index >= 15 is 0 Å². The number of aliphatic carboxylic acids is 1. The smallest absolute Gasteiger partial charge is 0.407 e. The Morgan fingerprint density at radius 3 is 2.24 bits per heavy atom. The minimum absolute atomic E-state index is 0.0370. The molecule has 2 aromatic carbocycles. The van der Waals surface area contributed by atoms with E-state index in [4.69, 9.17) is 4.74 Å². The van der Waals surface area contributed by atoms with Crippen LogP contribution in [-0.4, -0.2) is 52.7 Å². The van der Waals surface area contributed by atoms with Crippen LogP contribution in [0.4, 0.5) is 4.79 Å². The van der Waals surface area contributed by atoms with E-state index in [9.17, 15) is 19.5 Å². The number of carboxylic acids is 1. The zero-order valence-electron chi connectivity index (χ0n) is 19.9. The van der Waals surface area contributed by atoms with Crippen molar-refractivity contribution in [3.63, 3.8) is 0 Å². The Kier molecular flexibility index (Phi) is 6.64. The van der Waals surface area contributed by atoms with Crippen molar-refractivity contribution < 1.29 is 24.2 Å². The molecule has 2 aliphatic rings. The third kappa shape index (κ3) is 4.79. The summed E-state index contributed by atoms with van der Waals surface area (Å²) in [5.74, 6) is -1.63. The minimum atomic E-state index is -0.874. The number of carbonyl (C=O) groups excluding carboxylic acids is 2. The first-order valence-corrected chi connectivity index (χ1v) is 11.8. The van der Waals surface area contributed by atoms with Gasteiger partial charge in [-0.1, -0.05) is 48.5 Å². The van der Waals surface area contributed by atoms with Crippen LogP contribution in [-0.2, 0) is 14.3 Å². The molecule has 2 aromatic rings. The van der Waals surface area contributed by atoms with Crippen LogP contribution in [0.15, 0.2) is 48.5 Å². The van der Waals surface area contributed by atoms with E-state index in [0.717, 1.165) is 22.3 Å². The fraction of sp³-hybridized carbons (Fsp3) is 0.444. The molecule has 2 N–H and O–H groups in total. The third-order valence-electron chi connectivity index (χ3n) is 7.00. The van der Waals surface area contributed by atoms with E-state index in [-0.39, 0.29) is 30.9 Å². The van der Waals surface area contributed by atoms with E-state index in [1.807, 2.05) is 24.3 Å². The van der Waals surface area contributed by atoms with Crippen LogP contribution in [0, 0.1) is 5.92 Å². The molecule has 2 amide bonds. The first-order valence-electron chi connectivity index (χ1n) is 11.8. The molecule has 0 aromatic heterocycles. The van der Waals surface area contributed by atoms with Crippen molar-refractivity contribution in [2.45, 2.75) is 57.5 Å². The lowest BCUT2D eigenvalue weighted by Gasteiger charge is -2.39. The van der Waals surface area contributed by atoms with Gasteiger partial charge in [0.1, 0.15) is 6.61 Å². The summed E-state index contributed by atoms with van der Waals surface area (Å²) < 4.78 is 5.62. The van der Waals surface area contributed by atoms with Gasteiger partial charge >= 0.3 is 12.1 Å². The molecule has 7 heteroatoms. The number of benzene rings is 2. The Labute approximate surface area is 200 Å². The maximum Gasteiger partial charge on any atom is 0.407 e. The molecule has 0 spiro atoms. The van der Waals surface area contributed by atoms with Crippen molar-refractivity contribution in [3.8, 4) is 11.1 Å². The Balaban J connectivity index is 1.36. The number of fused-ring (bicyclic) bond motifs is 3. The van der Waals surface area contributed by atoms with Gasteiger partial charge in [-0.3, -0.25) is 9.59 Å². The third-order valence-corrected chi connectivity index (χ3v) is 7.00. The van der Waals surface area contributed by atoms with Crippen molar-refractivity contribution in [1.82, 2.24) is 10.2 Å². The van der Waals surface area contributed by atoms with Crippen molar-refractivity contribution in [2.75, 3.05) is 13.2 Å². The quantitative estimate of drug-likeness (QED) is 0.660. The Morgan fingerprint density at radius 1 is 1.06 bits per heavy atom. The highest BCUT2D eigenvalue weighted by Gasteiger charge is 2.37. The van der Waals surface area contributed by atoms with Crippen molar-refractivity contribution in [1.29, 1.82) is 0 Å². The molecule has 0 unspecified atom stereocenters. The van der Waals surface area contributed by atoms with Crippen LogP contribution in [0.5, 0.6) is 0 Å². The molecule has 0 radical (unpaired) electrons. The number of hydrogen-bond donors (Lipinski definition) is 2. The summed E-state index contributed by atoms with van der Waals surface area (Å²) in [6.45, 7) is 6.06. The summed E-state index contributed by atoms with van der Waals surface area (Å²) >= 11 is 0. The molecule has 1 aliphatic heterocycles. The second kappa shape index (κ2) is 9.49. The average molecular weight is 465 g/mol. The van der Waals surface area contributed by atoms with E-state index in [1.165, 1.54) is 0 Å². The number of ether oxygens (including phenoxy) is 1. The molecule has 7 nitrogen and oxygen atoms in total. The predicted molar refractivity (Wildman–Crippen MR) is 128 cm³/mol. The monoisotopic (exact) mass is 464 g/mol. The van der Waals surface area contributed by atoms with Gasteiger partial charge in [-0.15, -0.1) is 0 Å². The summed E-state index contributed by atoms with van der Waals surface area (Å²) in [6.07, 6.45) is 0.720. The number of carbonyl (C=O) groups is 3. The second-order valence-corrected chi connectivity index (χ2v) is 9.93. The highest BCUT2D eigenvalue weighted by atomic mass is 16.5. The molecule has 1 saturated heterocycles. The van der Waals surface area contributed by atoms with Crippen LogP contribution in [0.3, 0.4) is 0 Å². The molecule has 34 heavy (non-hydrogen) atoms. The number of rotatable bonds is 6. The highest BCUT2D eigenvalue weighted by molar-refractivity contribution is 5.81. The number of nitrogens with one attached hydrogen (secondary N) is 1. The summed E-state index contributed by atoms with van der Waals surface area (Å²) in [6, 6.07) is 15.9. The molecule has 1 fully saturated rings. The van der Waals surface area contributed by atoms with Gasteiger partial charge in [0.2, 0.25) is 5.91 Å². The lowest BCUT2D eigenvalue weighted by Crippen LogP contribution is -2.53. The molecular formula is C27H32N2O5.